The van der Waals surface area contributed by atoms with Crippen LogP contribution in [0, 0.1) is 12.8 Å². The lowest BCUT2D eigenvalue weighted by molar-refractivity contribution is 0.146. The van der Waals surface area contributed by atoms with Crippen LogP contribution in [0.25, 0.3) is 5.69 Å². The summed E-state index contributed by atoms with van der Waals surface area (Å²) in [6.07, 6.45) is 0.932. The first kappa shape index (κ1) is 11.5. The lowest BCUT2D eigenvalue weighted by Gasteiger charge is -2.08. The Morgan fingerprint density at radius 1 is 1.25 bits per heavy atom. The lowest BCUT2D eigenvalue weighted by Crippen LogP contribution is -2.14. The Morgan fingerprint density at radius 2 is 2.10 bits per heavy atom. The number of aromatic nitrogens is 2. The van der Waals surface area contributed by atoms with Gasteiger partial charge in [-0.15, -0.1) is 0 Å². The average Bonchev–Trinajstić information content (AvgIpc) is 3.00. The van der Waals surface area contributed by atoms with E-state index in [-0.39, 0.29) is 0 Å². The molecule has 3 heterocycles. The van der Waals surface area contributed by atoms with Crippen molar-refractivity contribution >= 4 is 5.71 Å². The Bertz CT molecular complexity index is 676. The number of para-hydroxylation sites is 1. The van der Waals surface area contributed by atoms with E-state index in [9.17, 15) is 0 Å². The summed E-state index contributed by atoms with van der Waals surface area (Å²) in [6, 6.07) is 10.0. The Labute approximate surface area is 116 Å². The summed E-state index contributed by atoms with van der Waals surface area (Å²) in [5.74, 6) is 1.10. The van der Waals surface area contributed by atoms with Gasteiger partial charge < -0.3 is 9.57 Å². The van der Waals surface area contributed by atoms with E-state index >= 15 is 0 Å². The van der Waals surface area contributed by atoms with Crippen LogP contribution in [0.4, 0.5) is 0 Å². The smallest absolute Gasteiger partial charge is 0.226 e. The molecule has 4 rings (SSSR count). The molecule has 2 aliphatic rings. The molecule has 1 aromatic carbocycles. The van der Waals surface area contributed by atoms with E-state index in [0.29, 0.717) is 19.1 Å². The minimum atomic E-state index is 0.323. The highest BCUT2D eigenvalue weighted by Crippen LogP contribution is 2.34. The van der Waals surface area contributed by atoms with Gasteiger partial charge in [0.2, 0.25) is 5.88 Å². The number of nitrogens with zero attached hydrogens (tertiary/aromatic N) is 3. The van der Waals surface area contributed by atoms with Crippen LogP contribution in [-0.4, -0.2) is 28.7 Å². The number of hydrogen-bond donors (Lipinski definition) is 0. The molecule has 1 atom stereocenters. The van der Waals surface area contributed by atoms with Crippen LogP contribution in [0.3, 0.4) is 0 Å². The van der Waals surface area contributed by atoms with Crippen molar-refractivity contribution in [3.05, 3.63) is 41.6 Å². The van der Waals surface area contributed by atoms with Gasteiger partial charge in [-0.1, -0.05) is 23.4 Å². The maximum atomic E-state index is 5.96. The van der Waals surface area contributed by atoms with Gasteiger partial charge in [0.05, 0.1) is 23.6 Å². The fraction of sp³-hybridized carbons (Fsp3) is 0.333. The fourth-order valence-corrected chi connectivity index (χ4v) is 2.80. The van der Waals surface area contributed by atoms with Gasteiger partial charge >= 0.3 is 0 Å². The van der Waals surface area contributed by atoms with E-state index in [0.717, 1.165) is 35.0 Å². The van der Waals surface area contributed by atoms with E-state index in [4.69, 9.17) is 9.57 Å². The molecule has 1 unspecified atom stereocenters. The average molecular weight is 269 g/mol. The molecule has 20 heavy (non-hydrogen) atoms. The van der Waals surface area contributed by atoms with Gasteiger partial charge in [0.15, 0.2) is 0 Å². The van der Waals surface area contributed by atoms with E-state index in [2.05, 4.69) is 10.3 Å². The zero-order valence-electron chi connectivity index (χ0n) is 11.2. The summed E-state index contributed by atoms with van der Waals surface area (Å²) >= 11 is 0. The second kappa shape index (κ2) is 4.37. The first-order valence-corrected chi connectivity index (χ1v) is 6.82. The van der Waals surface area contributed by atoms with Crippen LogP contribution in [0.2, 0.25) is 0 Å². The Kier molecular flexibility index (Phi) is 2.52. The second-order valence-electron chi connectivity index (χ2n) is 5.12. The number of fused-ring (bicyclic) bond motifs is 3. The Morgan fingerprint density at radius 3 is 2.95 bits per heavy atom. The normalized spacial score (nSPS) is 20.2. The summed E-state index contributed by atoms with van der Waals surface area (Å²) in [5.41, 5.74) is 3.90. The zero-order valence-corrected chi connectivity index (χ0v) is 11.2. The van der Waals surface area contributed by atoms with Crippen molar-refractivity contribution in [2.75, 3.05) is 13.2 Å². The topological polar surface area (TPSA) is 48.6 Å². The summed E-state index contributed by atoms with van der Waals surface area (Å²) in [5, 5.41) is 8.83. The molecule has 5 heteroatoms. The van der Waals surface area contributed by atoms with Crippen LogP contribution in [-0.2, 0) is 4.84 Å². The first-order chi connectivity index (χ1) is 9.84. The number of ether oxygens (including phenoxy) is 1. The van der Waals surface area contributed by atoms with Crippen molar-refractivity contribution in [2.45, 2.75) is 13.3 Å². The van der Waals surface area contributed by atoms with E-state index in [1.165, 1.54) is 0 Å². The quantitative estimate of drug-likeness (QED) is 0.798. The number of benzene rings is 1. The molecular weight excluding hydrogens is 254 g/mol. The minimum absolute atomic E-state index is 0.323. The van der Waals surface area contributed by atoms with Crippen LogP contribution < -0.4 is 4.74 Å². The van der Waals surface area contributed by atoms with E-state index in [1.54, 1.807) is 0 Å². The predicted molar refractivity (Wildman–Crippen MR) is 74.4 cm³/mol. The Hall–Kier alpha value is -2.30. The molecule has 0 saturated heterocycles. The summed E-state index contributed by atoms with van der Waals surface area (Å²) in [7, 11) is 0. The van der Waals surface area contributed by atoms with Gasteiger partial charge in [-0.3, -0.25) is 0 Å². The molecule has 2 aliphatic heterocycles. The molecule has 0 fully saturated rings. The highest BCUT2D eigenvalue weighted by atomic mass is 16.6. The number of rotatable bonds is 1. The van der Waals surface area contributed by atoms with Crippen molar-refractivity contribution in [1.29, 1.82) is 0 Å². The first-order valence-electron chi connectivity index (χ1n) is 6.82. The van der Waals surface area contributed by atoms with Crippen LogP contribution >= 0.6 is 0 Å². The summed E-state index contributed by atoms with van der Waals surface area (Å²) in [4.78, 5) is 5.27. The van der Waals surface area contributed by atoms with Gasteiger partial charge in [-0.2, -0.15) is 5.10 Å². The molecular formula is C15H15N3O2. The third-order valence-corrected chi connectivity index (χ3v) is 3.81. The standard InChI is InChI=1S/C15H15N3O2/c1-10-13-14-11(9-20-17-14)7-8-19-15(13)18(16-10)12-5-3-2-4-6-12/h2-6,11H,7-9H2,1H3. The van der Waals surface area contributed by atoms with Crippen molar-refractivity contribution in [1.82, 2.24) is 9.78 Å². The molecule has 1 aromatic heterocycles. The summed E-state index contributed by atoms with van der Waals surface area (Å²) in [6.45, 7) is 3.30. The van der Waals surface area contributed by atoms with Crippen molar-refractivity contribution in [3.8, 4) is 11.6 Å². The van der Waals surface area contributed by atoms with Gasteiger partial charge in [-0.05, 0) is 25.5 Å². The molecule has 0 bridgehead atoms. The molecule has 0 saturated carbocycles. The second-order valence-corrected chi connectivity index (χ2v) is 5.12. The third kappa shape index (κ3) is 1.62. The van der Waals surface area contributed by atoms with Gasteiger partial charge in [0, 0.05) is 5.92 Å². The molecule has 0 N–H and O–H groups in total. The van der Waals surface area contributed by atoms with Gasteiger partial charge in [-0.25, -0.2) is 4.68 Å². The van der Waals surface area contributed by atoms with Crippen molar-refractivity contribution < 1.29 is 9.57 Å². The highest BCUT2D eigenvalue weighted by Gasteiger charge is 2.34. The molecule has 0 aliphatic carbocycles. The van der Waals surface area contributed by atoms with Crippen LogP contribution in [0.15, 0.2) is 35.5 Å². The molecule has 0 amide bonds. The molecule has 0 spiro atoms. The largest absolute Gasteiger partial charge is 0.477 e. The van der Waals surface area contributed by atoms with E-state index < -0.39 is 0 Å². The minimum Gasteiger partial charge on any atom is -0.477 e. The van der Waals surface area contributed by atoms with E-state index in [1.807, 2.05) is 41.9 Å². The number of oxime groups is 1. The lowest BCUT2D eigenvalue weighted by atomic mass is 9.96. The zero-order chi connectivity index (χ0) is 13.5. The molecule has 5 nitrogen and oxygen atoms in total. The van der Waals surface area contributed by atoms with Crippen LogP contribution in [0.1, 0.15) is 17.7 Å². The third-order valence-electron chi connectivity index (χ3n) is 3.81. The number of aryl methyl sites for hydroxylation is 1. The predicted octanol–water partition coefficient (Wildman–Crippen LogP) is 2.31. The SMILES string of the molecule is Cc1nn(-c2ccccc2)c2c1C1=NOCC1CCO2. The Balaban J connectivity index is 1.91. The monoisotopic (exact) mass is 269 g/mol. The van der Waals surface area contributed by atoms with Crippen molar-refractivity contribution in [2.24, 2.45) is 11.1 Å². The highest BCUT2D eigenvalue weighted by molar-refractivity contribution is 6.05. The molecule has 0 radical (unpaired) electrons. The summed E-state index contributed by atoms with van der Waals surface area (Å²) < 4.78 is 7.81. The number of hydrogen-bond acceptors (Lipinski definition) is 4. The van der Waals surface area contributed by atoms with Crippen molar-refractivity contribution in [3.63, 3.8) is 0 Å². The maximum absolute atomic E-state index is 5.96. The molecule has 102 valence electrons. The van der Waals surface area contributed by atoms with Gasteiger partial charge in [0.25, 0.3) is 0 Å². The maximum Gasteiger partial charge on any atom is 0.226 e. The van der Waals surface area contributed by atoms with Crippen LogP contribution in [0.5, 0.6) is 5.88 Å². The van der Waals surface area contributed by atoms with Gasteiger partial charge in [0.1, 0.15) is 12.3 Å². The molecule has 2 aromatic rings. The fourth-order valence-electron chi connectivity index (χ4n) is 2.80.